The zero-order valence-electron chi connectivity index (χ0n) is 8.41. The highest BCUT2D eigenvalue weighted by molar-refractivity contribution is 5.13. The van der Waals surface area contributed by atoms with E-state index in [9.17, 15) is 5.11 Å². The van der Waals surface area contributed by atoms with Gasteiger partial charge in [0.2, 0.25) is 0 Å². The third-order valence-corrected chi connectivity index (χ3v) is 2.03. The second kappa shape index (κ2) is 4.44. The molecule has 3 heteroatoms. The number of aliphatic hydroxyl groups excluding tert-OH is 1. The predicted molar refractivity (Wildman–Crippen MR) is 53.5 cm³/mol. The van der Waals surface area contributed by atoms with Crippen LogP contribution >= 0.6 is 0 Å². The van der Waals surface area contributed by atoms with Crippen molar-refractivity contribution in [2.45, 2.75) is 39.0 Å². The van der Waals surface area contributed by atoms with E-state index in [2.05, 4.69) is 24.1 Å². The molecule has 0 bridgehead atoms. The van der Waals surface area contributed by atoms with Crippen LogP contribution in [0.2, 0.25) is 0 Å². The first-order valence-corrected chi connectivity index (χ1v) is 4.68. The molecule has 0 fully saturated rings. The highest BCUT2D eigenvalue weighted by atomic mass is 16.3. The van der Waals surface area contributed by atoms with Crippen LogP contribution in [0.1, 0.15) is 32.4 Å². The summed E-state index contributed by atoms with van der Waals surface area (Å²) in [6.45, 7) is 6.12. The smallest absolute Gasteiger partial charge is 0.0954 e. The minimum atomic E-state index is -0.436. The Kier molecular flexibility index (Phi) is 3.51. The van der Waals surface area contributed by atoms with E-state index in [1.807, 2.05) is 25.4 Å². The van der Waals surface area contributed by atoms with Crippen LogP contribution in [0.15, 0.2) is 18.5 Å². The maximum Gasteiger partial charge on any atom is 0.0954 e. The van der Waals surface area contributed by atoms with Crippen LogP contribution in [-0.2, 0) is 0 Å². The van der Waals surface area contributed by atoms with E-state index in [0.717, 1.165) is 5.56 Å². The van der Waals surface area contributed by atoms with Gasteiger partial charge in [-0.15, -0.1) is 0 Å². The average Bonchev–Trinajstić information content (AvgIpc) is 2.53. The van der Waals surface area contributed by atoms with E-state index < -0.39 is 6.10 Å². The summed E-state index contributed by atoms with van der Waals surface area (Å²) in [4.78, 5) is 2.93. The third-order valence-electron chi connectivity index (χ3n) is 2.03. The highest BCUT2D eigenvalue weighted by Crippen LogP contribution is 2.15. The molecule has 74 valence electrons. The van der Waals surface area contributed by atoms with Crippen LogP contribution in [0.4, 0.5) is 0 Å². The van der Waals surface area contributed by atoms with Gasteiger partial charge in [-0.2, -0.15) is 0 Å². The minimum Gasteiger partial charge on any atom is -0.387 e. The second-order valence-electron chi connectivity index (χ2n) is 3.70. The van der Waals surface area contributed by atoms with Gasteiger partial charge in [-0.1, -0.05) is 13.8 Å². The summed E-state index contributed by atoms with van der Waals surface area (Å²) in [6, 6.07) is 2.36. The molecule has 13 heavy (non-hydrogen) atoms. The molecule has 1 heterocycles. The predicted octanol–water partition coefficient (Wildman–Crippen LogP) is 1.43. The van der Waals surface area contributed by atoms with Gasteiger partial charge in [-0.05, 0) is 18.6 Å². The summed E-state index contributed by atoms with van der Waals surface area (Å²) in [6.07, 6.45) is 3.21. The van der Waals surface area contributed by atoms with Crippen molar-refractivity contribution in [3.05, 3.63) is 24.0 Å². The number of aromatic amines is 1. The molecular weight excluding hydrogens is 164 g/mol. The van der Waals surface area contributed by atoms with Crippen molar-refractivity contribution in [3.63, 3.8) is 0 Å². The van der Waals surface area contributed by atoms with Crippen molar-refractivity contribution in [2.24, 2.45) is 0 Å². The molecule has 0 aromatic carbocycles. The molecule has 0 radical (unpaired) electrons. The molecule has 3 nitrogen and oxygen atoms in total. The van der Waals surface area contributed by atoms with Gasteiger partial charge in [0, 0.05) is 24.5 Å². The SMILES string of the molecule is CC(C)NC(C)C(O)c1cc[nH]c1. The van der Waals surface area contributed by atoms with Crippen molar-refractivity contribution in [2.75, 3.05) is 0 Å². The van der Waals surface area contributed by atoms with Crippen LogP contribution in [0.5, 0.6) is 0 Å². The molecule has 0 saturated carbocycles. The quantitative estimate of drug-likeness (QED) is 0.659. The van der Waals surface area contributed by atoms with Crippen molar-refractivity contribution in [1.82, 2.24) is 10.3 Å². The first-order valence-electron chi connectivity index (χ1n) is 4.68. The fraction of sp³-hybridized carbons (Fsp3) is 0.600. The van der Waals surface area contributed by atoms with Crippen LogP contribution in [0.3, 0.4) is 0 Å². The minimum absolute atomic E-state index is 0.0794. The monoisotopic (exact) mass is 182 g/mol. The molecule has 0 aliphatic rings. The number of H-pyrrole nitrogens is 1. The molecule has 0 spiro atoms. The van der Waals surface area contributed by atoms with E-state index in [0.29, 0.717) is 6.04 Å². The Morgan fingerprint density at radius 2 is 2.08 bits per heavy atom. The lowest BCUT2D eigenvalue weighted by atomic mass is 10.1. The molecule has 1 rings (SSSR count). The zero-order chi connectivity index (χ0) is 9.84. The van der Waals surface area contributed by atoms with Crippen molar-refractivity contribution < 1.29 is 5.11 Å². The van der Waals surface area contributed by atoms with Crippen LogP contribution in [-0.4, -0.2) is 22.2 Å². The van der Waals surface area contributed by atoms with Crippen molar-refractivity contribution in [3.8, 4) is 0 Å². The molecular formula is C10H18N2O. The van der Waals surface area contributed by atoms with E-state index in [-0.39, 0.29) is 6.04 Å². The first-order chi connectivity index (χ1) is 6.11. The number of hydrogen-bond donors (Lipinski definition) is 3. The average molecular weight is 182 g/mol. The number of rotatable bonds is 4. The normalized spacial score (nSPS) is 16.1. The summed E-state index contributed by atoms with van der Waals surface area (Å²) in [5.41, 5.74) is 0.931. The summed E-state index contributed by atoms with van der Waals surface area (Å²) in [7, 11) is 0. The molecule has 1 aromatic heterocycles. The van der Waals surface area contributed by atoms with E-state index in [1.54, 1.807) is 0 Å². The Bertz CT molecular complexity index is 231. The topological polar surface area (TPSA) is 48.0 Å². The van der Waals surface area contributed by atoms with Gasteiger partial charge >= 0.3 is 0 Å². The largest absolute Gasteiger partial charge is 0.387 e. The summed E-state index contributed by atoms with van der Waals surface area (Å²) >= 11 is 0. The fourth-order valence-corrected chi connectivity index (χ4v) is 1.43. The standard InChI is InChI=1S/C10H18N2O/c1-7(2)12-8(3)10(13)9-4-5-11-6-9/h4-8,10-13H,1-3H3. The highest BCUT2D eigenvalue weighted by Gasteiger charge is 2.16. The maximum atomic E-state index is 9.84. The van der Waals surface area contributed by atoms with Crippen LogP contribution in [0.25, 0.3) is 0 Å². The summed E-state index contributed by atoms with van der Waals surface area (Å²) in [5.74, 6) is 0. The zero-order valence-corrected chi connectivity index (χ0v) is 8.41. The van der Waals surface area contributed by atoms with Crippen LogP contribution < -0.4 is 5.32 Å². The molecule has 2 atom stereocenters. The molecule has 3 N–H and O–H groups in total. The van der Waals surface area contributed by atoms with Crippen molar-refractivity contribution in [1.29, 1.82) is 0 Å². The lowest BCUT2D eigenvalue weighted by Gasteiger charge is -2.21. The van der Waals surface area contributed by atoms with E-state index in [4.69, 9.17) is 0 Å². The molecule has 0 saturated heterocycles. The Labute approximate surface area is 79.2 Å². The first kappa shape index (κ1) is 10.3. The molecule has 2 unspecified atom stereocenters. The second-order valence-corrected chi connectivity index (χ2v) is 3.70. The lowest BCUT2D eigenvalue weighted by Crippen LogP contribution is -2.36. The van der Waals surface area contributed by atoms with Gasteiger partial charge in [0.05, 0.1) is 6.10 Å². The number of aromatic nitrogens is 1. The lowest BCUT2D eigenvalue weighted by molar-refractivity contribution is 0.132. The van der Waals surface area contributed by atoms with Gasteiger partial charge in [-0.25, -0.2) is 0 Å². The Morgan fingerprint density at radius 3 is 2.54 bits per heavy atom. The Balaban J connectivity index is 2.52. The number of nitrogens with one attached hydrogen (secondary N) is 2. The van der Waals surface area contributed by atoms with E-state index >= 15 is 0 Å². The Hall–Kier alpha value is -0.800. The fourth-order valence-electron chi connectivity index (χ4n) is 1.43. The number of hydrogen-bond acceptors (Lipinski definition) is 2. The van der Waals surface area contributed by atoms with Gasteiger partial charge in [-0.3, -0.25) is 0 Å². The molecule has 0 aliphatic carbocycles. The maximum absolute atomic E-state index is 9.84. The summed E-state index contributed by atoms with van der Waals surface area (Å²) < 4.78 is 0. The van der Waals surface area contributed by atoms with Gasteiger partial charge in [0.15, 0.2) is 0 Å². The molecule has 0 amide bonds. The van der Waals surface area contributed by atoms with E-state index in [1.165, 1.54) is 0 Å². The van der Waals surface area contributed by atoms with Gasteiger partial charge in [0.1, 0.15) is 0 Å². The third kappa shape index (κ3) is 2.86. The molecule has 1 aromatic rings. The molecule has 0 aliphatic heterocycles. The van der Waals surface area contributed by atoms with Crippen molar-refractivity contribution >= 4 is 0 Å². The number of aliphatic hydroxyl groups is 1. The van der Waals surface area contributed by atoms with Crippen LogP contribution in [0, 0.1) is 0 Å². The van der Waals surface area contributed by atoms with Gasteiger partial charge in [0.25, 0.3) is 0 Å². The summed E-state index contributed by atoms with van der Waals surface area (Å²) in [5, 5.41) is 13.1. The Morgan fingerprint density at radius 1 is 1.38 bits per heavy atom. The van der Waals surface area contributed by atoms with Gasteiger partial charge < -0.3 is 15.4 Å².